The summed E-state index contributed by atoms with van der Waals surface area (Å²) in [5.41, 5.74) is 4.30. The summed E-state index contributed by atoms with van der Waals surface area (Å²) >= 11 is 2.73. The number of aryl methyl sites for hydroxylation is 2. The number of ether oxygens (including phenoxy) is 2. The zero-order valence-electron chi connectivity index (χ0n) is 23.8. The van der Waals surface area contributed by atoms with E-state index in [9.17, 15) is 14.7 Å². The Morgan fingerprint density at radius 3 is 2.21 bits per heavy atom. The monoisotopic (exact) mass is 601 g/mol. The quantitative estimate of drug-likeness (QED) is 0.0691. The highest BCUT2D eigenvalue weighted by Crippen LogP contribution is 2.45. The molecule has 1 N–H and O–H groups in total. The van der Waals surface area contributed by atoms with E-state index >= 15 is 0 Å². The average molecular weight is 602 g/mol. The lowest BCUT2D eigenvalue weighted by Gasteiger charge is -2.23. The van der Waals surface area contributed by atoms with Gasteiger partial charge < -0.3 is 14.6 Å². The minimum Gasteiger partial charge on any atom is -0.507 e. The Bertz CT molecular complexity index is 1630. The summed E-state index contributed by atoms with van der Waals surface area (Å²) in [6.45, 7) is 8.55. The first-order valence-electron chi connectivity index (χ1n) is 13.6. The number of amides is 1. The van der Waals surface area contributed by atoms with E-state index in [1.165, 1.54) is 33.6 Å². The van der Waals surface area contributed by atoms with Gasteiger partial charge in [0.25, 0.3) is 5.78 Å². The maximum atomic E-state index is 13.6. The molecular formula is C32H31N3O5S2. The van der Waals surface area contributed by atoms with Crippen LogP contribution in [0.15, 0.2) is 76.6 Å². The van der Waals surface area contributed by atoms with Gasteiger partial charge in [0.2, 0.25) is 5.13 Å². The normalized spacial score (nSPS) is 16.2. The molecule has 0 aliphatic carbocycles. The molecule has 216 valence electrons. The fraction of sp³-hybridized carbons (Fsp3) is 0.250. The summed E-state index contributed by atoms with van der Waals surface area (Å²) in [7, 11) is 0. The predicted octanol–water partition coefficient (Wildman–Crippen LogP) is 6.87. The molecule has 1 aliphatic heterocycles. The molecule has 0 saturated carbocycles. The van der Waals surface area contributed by atoms with Crippen LogP contribution in [0.1, 0.15) is 47.7 Å². The van der Waals surface area contributed by atoms with Gasteiger partial charge in [0.15, 0.2) is 15.8 Å². The molecule has 2 heterocycles. The van der Waals surface area contributed by atoms with Gasteiger partial charge in [-0.25, -0.2) is 0 Å². The maximum Gasteiger partial charge on any atom is 0.301 e. The molecule has 10 heteroatoms. The van der Waals surface area contributed by atoms with Gasteiger partial charge in [0.05, 0.1) is 24.8 Å². The molecule has 1 saturated heterocycles. The third-order valence-corrected chi connectivity index (χ3v) is 8.86. The number of aromatic nitrogens is 2. The van der Waals surface area contributed by atoms with E-state index in [1.54, 1.807) is 30.3 Å². The predicted molar refractivity (Wildman–Crippen MR) is 165 cm³/mol. The van der Waals surface area contributed by atoms with Gasteiger partial charge in [-0.2, -0.15) is 0 Å². The number of thioether (sulfide) groups is 1. The summed E-state index contributed by atoms with van der Waals surface area (Å²) in [4.78, 5) is 28.5. The van der Waals surface area contributed by atoms with Crippen LogP contribution >= 0.6 is 23.1 Å². The highest BCUT2D eigenvalue weighted by molar-refractivity contribution is 8.00. The van der Waals surface area contributed by atoms with Crippen molar-refractivity contribution in [3.63, 3.8) is 0 Å². The van der Waals surface area contributed by atoms with Gasteiger partial charge in [0.1, 0.15) is 5.76 Å². The molecule has 0 spiro atoms. The highest BCUT2D eigenvalue weighted by Gasteiger charge is 2.48. The van der Waals surface area contributed by atoms with Crippen molar-refractivity contribution in [2.45, 2.75) is 43.8 Å². The molecule has 0 bridgehead atoms. The number of hydrogen-bond acceptors (Lipinski definition) is 9. The number of nitrogens with zero attached hydrogens (tertiary/aromatic N) is 3. The van der Waals surface area contributed by atoms with Gasteiger partial charge >= 0.3 is 5.91 Å². The van der Waals surface area contributed by atoms with Crippen molar-refractivity contribution in [3.05, 3.63) is 100 Å². The van der Waals surface area contributed by atoms with Crippen LogP contribution in [0.2, 0.25) is 0 Å². The van der Waals surface area contributed by atoms with Crippen LogP contribution in [0.3, 0.4) is 0 Å². The Morgan fingerprint density at radius 2 is 1.55 bits per heavy atom. The first-order chi connectivity index (χ1) is 20.3. The number of aliphatic hydroxyl groups is 1. The Labute approximate surface area is 253 Å². The number of aliphatic hydroxyl groups excluding tert-OH is 1. The highest BCUT2D eigenvalue weighted by atomic mass is 32.2. The number of Topliss-reactive ketones (excluding diaryl/α,β-unsaturated/α-hetero) is 1. The van der Waals surface area contributed by atoms with Gasteiger partial charge in [-0.3, -0.25) is 14.5 Å². The molecule has 5 rings (SSSR count). The number of carbonyl (C=O) groups excluding carboxylic acids is 2. The summed E-state index contributed by atoms with van der Waals surface area (Å²) < 4.78 is 12.2. The fourth-order valence-electron chi connectivity index (χ4n) is 4.64. The van der Waals surface area contributed by atoms with Gasteiger partial charge in [0, 0.05) is 11.3 Å². The van der Waals surface area contributed by atoms with E-state index in [2.05, 4.69) is 34.5 Å². The zero-order valence-corrected chi connectivity index (χ0v) is 25.4. The number of anilines is 1. The SMILES string of the molecule is CCOc1ccc(C2C(=C(O)c3ccc(C)cc3)C(=O)C(=O)N2c2nnc(SCc3ccc(C)cc3)s2)cc1OCC. The lowest BCUT2D eigenvalue weighted by Crippen LogP contribution is -2.29. The molecule has 1 aliphatic rings. The number of hydrogen-bond donors (Lipinski definition) is 1. The zero-order chi connectivity index (χ0) is 29.8. The third kappa shape index (κ3) is 6.05. The third-order valence-electron chi connectivity index (χ3n) is 6.74. The van der Waals surface area contributed by atoms with Crippen LogP contribution in [0.5, 0.6) is 11.5 Å². The van der Waals surface area contributed by atoms with Crippen LogP contribution in [0.25, 0.3) is 5.76 Å². The Hall–Kier alpha value is -4.15. The molecular weight excluding hydrogens is 571 g/mol. The van der Waals surface area contributed by atoms with Crippen LogP contribution in [0.4, 0.5) is 5.13 Å². The lowest BCUT2D eigenvalue weighted by molar-refractivity contribution is -0.132. The second-order valence-electron chi connectivity index (χ2n) is 9.73. The molecule has 4 aromatic rings. The summed E-state index contributed by atoms with van der Waals surface area (Å²) in [6.07, 6.45) is 0. The second-order valence-corrected chi connectivity index (χ2v) is 11.9. The van der Waals surface area contributed by atoms with E-state index in [0.29, 0.717) is 45.9 Å². The molecule has 0 radical (unpaired) electrons. The van der Waals surface area contributed by atoms with Gasteiger partial charge in [-0.1, -0.05) is 88.8 Å². The molecule has 1 unspecified atom stereocenters. The van der Waals surface area contributed by atoms with E-state index in [0.717, 1.165) is 11.1 Å². The number of rotatable bonds is 10. The first-order valence-corrected chi connectivity index (χ1v) is 15.4. The Kier molecular flexibility index (Phi) is 8.94. The van der Waals surface area contributed by atoms with Crippen molar-refractivity contribution in [2.24, 2.45) is 0 Å². The molecule has 8 nitrogen and oxygen atoms in total. The average Bonchev–Trinajstić information content (AvgIpc) is 3.56. The van der Waals surface area contributed by atoms with E-state index in [1.807, 2.05) is 39.8 Å². The summed E-state index contributed by atoms with van der Waals surface area (Å²) in [5, 5.41) is 20.3. The van der Waals surface area contributed by atoms with Crippen LogP contribution < -0.4 is 14.4 Å². The fourth-order valence-corrected chi connectivity index (χ4v) is 6.46. The molecule has 1 fully saturated rings. The minimum atomic E-state index is -0.955. The largest absolute Gasteiger partial charge is 0.507 e. The standard InChI is InChI=1S/C32H31N3O5S2/c1-5-39-24-16-15-23(17-25(24)40-6-2)27-26(28(36)22-13-9-20(4)10-14-22)29(37)30(38)35(27)31-33-34-32(42-31)41-18-21-11-7-19(3)8-12-21/h7-17,27,36H,5-6,18H2,1-4H3. The molecule has 3 aromatic carbocycles. The number of ketones is 1. The first kappa shape index (κ1) is 29.3. The topological polar surface area (TPSA) is 102 Å². The van der Waals surface area contributed by atoms with E-state index in [4.69, 9.17) is 9.47 Å². The minimum absolute atomic E-state index is 0.0282. The number of carbonyl (C=O) groups is 2. The van der Waals surface area contributed by atoms with E-state index < -0.39 is 17.7 Å². The van der Waals surface area contributed by atoms with Crippen molar-refractivity contribution < 1.29 is 24.2 Å². The van der Waals surface area contributed by atoms with E-state index in [-0.39, 0.29) is 16.5 Å². The second kappa shape index (κ2) is 12.8. The molecule has 1 atom stereocenters. The maximum absolute atomic E-state index is 13.6. The van der Waals surface area contributed by atoms with Crippen molar-refractivity contribution in [1.82, 2.24) is 10.2 Å². The Morgan fingerprint density at radius 1 is 0.905 bits per heavy atom. The molecule has 1 aromatic heterocycles. The molecule has 42 heavy (non-hydrogen) atoms. The van der Waals surface area contributed by atoms with Crippen molar-refractivity contribution in [2.75, 3.05) is 18.1 Å². The van der Waals surface area contributed by atoms with Crippen LogP contribution in [-0.2, 0) is 15.3 Å². The van der Waals surface area contributed by atoms with Gasteiger partial charge in [-0.05, 0) is 51.0 Å². The van der Waals surface area contributed by atoms with Crippen LogP contribution in [-0.4, -0.2) is 40.2 Å². The molecule has 1 amide bonds. The lowest BCUT2D eigenvalue weighted by atomic mass is 9.95. The summed E-state index contributed by atoms with van der Waals surface area (Å²) in [5.74, 6) is -0.137. The van der Waals surface area contributed by atoms with Gasteiger partial charge in [-0.15, -0.1) is 10.2 Å². The number of benzene rings is 3. The summed E-state index contributed by atoms with van der Waals surface area (Å²) in [6, 6.07) is 19.7. The smallest absolute Gasteiger partial charge is 0.301 e. The van der Waals surface area contributed by atoms with Crippen molar-refractivity contribution >= 4 is 45.7 Å². The van der Waals surface area contributed by atoms with Crippen LogP contribution in [0, 0.1) is 13.8 Å². The Balaban J connectivity index is 1.57. The van der Waals surface area contributed by atoms with Crippen molar-refractivity contribution in [1.29, 1.82) is 0 Å². The van der Waals surface area contributed by atoms with Crippen molar-refractivity contribution in [3.8, 4) is 11.5 Å².